The number of furan rings is 2. The van der Waals surface area contributed by atoms with Crippen molar-refractivity contribution in [3.05, 3.63) is 376 Å². The summed E-state index contributed by atoms with van der Waals surface area (Å²) >= 11 is 0. The Morgan fingerprint density at radius 1 is 0.179 bits per heavy atom. The van der Waals surface area contributed by atoms with Crippen LogP contribution < -0.4 is 9.80 Å². The molecule has 20 rings (SSSR count). The molecule has 0 bridgehead atoms. The van der Waals surface area contributed by atoms with Gasteiger partial charge in [-0.2, -0.15) is 0 Å². The first-order valence-electron chi connectivity index (χ1n) is 35.6. The zero-order chi connectivity index (χ0) is 70.0. The summed E-state index contributed by atoms with van der Waals surface area (Å²) in [5.74, 6) is 1.13. The molecule has 8 heteroatoms. The smallest absolute Gasteiger partial charge is 0.227 e. The van der Waals surface area contributed by atoms with Crippen LogP contribution in [0.1, 0.15) is 0 Å². The van der Waals surface area contributed by atoms with E-state index in [1.165, 1.54) is 22.3 Å². The van der Waals surface area contributed by atoms with Crippen molar-refractivity contribution < 1.29 is 17.7 Å². The van der Waals surface area contributed by atoms with Crippen LogP contribution in [0.4, 0.5) is 34.1 Å². The minimum Gasteiger partial charge on any atom is -0.455 e. The van der Waals surface area contributed by atoms with Gasteiger partial charge in [0, 0.05) is 90.1 Å². The van der Waals surface area contributed by atoms with Crippen LogP contribution in [0, 0.1) is 0 Å². The first-order chi connectivity index (χ1) is 52.5. The van der Waals surface area contributed by atoms with Crippen molar-refractivity contribution in [3.8, 4) is 101 Å². The molecule has 0 aliphatic heterocycles. The van der Waals surface area contributed by atoms with E-state index in [0.29, 0.717) is 17.4 Å². The van der Waals surface area contributed by atoms with Crippen LogP contribution in [0.2, 0.25) is 0 Å². The molecular weight excluding hydrogens is 1300 g/mol. The third-order valence-corrected chi connectivity index (χ3v) is 20.3. The minimum atomic E-state index is 0.541. The van der Waals surface area contributed by atoms with Crippen molar-refractivity contribution in [2.75, 3.05) is 9.80 Å². The van der Waals surface area contributed by atoms with Crippen LogP contribution in [-0.2, 0) is 0 Å². The van der Waals surface area contributed by atoms with Crippen molar-refractivity contribution >= 4 is 100 Å². The zero-order valence-electron chi connectivity index (χ0n) is 57.2. The third-order valence-electron chi connectivity index (χ3n) is 20.3. The maximum absolute atomic E-state index is 6.83. The van der Waals surface area contributed by atoms with Gasteiger partial charge in [-0.05, 0) is 182 Å². The molecule has 0 unspecified atom stereocenters. The summed E-state index contributed by atoms with van der Waals surface area (Å²) in [5, 5.41) is 3.97. The van der Waals surface area contributed by atoms with Crippen molar-refractivity contribution in [2.45, 2.75) is 0 Å². The largest absolute Gasteiger partial charge is 0.455 e. The molecule has 0 saturated heterocycles. The Bertz CT molecular complexity index is 6560. The Labute approximate surface area is 610 Å². The van der Waals surface area contributed by atoms with Crippen molar-refractivity contribution in [1.29, 1.82) is 0 Å². The van der Waals surface area contributed by atoms with Crippen molar-refractivity contribution in [3.63, 3.8) is 0 Å². The Balaban J connectivity index is 0.569. The molecule has 4 aromatic heterocycles. The minimum absolute atomic E-state index is 0.541. The third kappa shape index (κ3) is 11.3. The molecule has 0 N–H and O–H groups in total. The average molecular weight is 1360 g/mol. The number of hydrogen-bond donors (Lipinski definition) is 0. The second-order valence-corrected chi connectivity index (χ2v) is 26.8. The van der Waals surface area contributed by atoms with E-state index in [0.717, 1.165) is 161 Å². The second kappa shape index (κ2) is 25.9. The van der Waals surface area contributed by atoms with Gasteiger partial charge in [0.15, 0.2) is 11.2 Å². The fourth-order valence-electron chi connectivity index (χ4n) is 15.0. The van der Waals surface area contributed by atoms with Crippen molar-refractivity contribution in [1.82, 2.24) is 9.97 Å². The number of fused-ring (bicyclic) bond motifs is 8. The number of aromatic nitrogens is 2. The van der Waals surface area contributed by atoms with E-state index in [9.17, 15) is 0 Å². The first-order valence-corrected chi connectivity index (χ1v) is 35.6. The maximum atomic E-state index is 6.83. The van der Waals surface area contributed by atoms with E-state index < -0.39 is 0 Å². The molecule has 8 nitrogen and oxygen atoms in total. The molecule has 498 valence electrons. The number of benzene rings is 16. The summed E-state index contributed by atoms with van der Waals surface area (Å²) in [4.78, 5) is 14.6. The summed E-state index contributed by atoms with van der Waals surface area (Å²) in [6, 6.07) is 132. The van der Waals surface area contributed by atoms with E-state index in [1.807, 2.05) is 42.5 Å². The summed E-state index contributed by atoms with van der Waals surface area (Å²) in [7, 11) is 0. The molecule has 0 amide bonds. The van der Waals surface area contributed by atoms with Gasteiger partial charge >= 0.3 is 0 Å². The maximum Gasteiger partial charge on any atom is 0.227 e. The lowest BCUT2D eigenvalue weighted by Gasteiger charge is -2.26. The number of anilines is 6. The Morgan fingerprint density at radius 3 is 0.915 bits per heavy atom. The van der Waals surface area contributed by atoms with Gasteiger partial charge in [0.1, 0.15) is 33.4 Å². The van der Waals surface area contributed by atoms with E-state index in [-0.39, 0.29) is 0 Å². The average Bonchev–Trinajstić information content (AvgIpc) is 1.57. The molecule has 0 fully saturated rings. The van der Waals surface area contributed by atoms with Crippen LogP contribution >= 0.6 is 0 Å². The monoisotopic (exact) mass is 1360 g/mol. The molecule has 16 aromatic carbocycles. The quantitative estimate of drug-likeness (QED) is 0.100. The number of nitrogens with zero attached hydrogens (tertiary/aromatic N) is 4. The van der Waals surface area contributed by atoms with Gasteiger partial charge in [-0.25, -0.2) is 9.97 Å². The molecule has 0 atom stereocenters. The molecule has 106 heavy (non-hydrogen) atoms. The number of hydrogen-bond acceptors (Lipinski definition) is 8. The number of rotatable bonds is 15. The molecule has 0 aliphatic carbocycles. The molecule has 4 heterocycles. The standard InChI is InChI=1S/C98H62N4O4/c1-5-18-63(19-6-1)66-36-46-77(47-37-66)101(78-48-38-67(39-49-78)64-20-7-2-8-21-64)79-52-42-69(43-53-79)83-32-16-35-86-88-60-94-90(62-92(88)104-95(83)86)100-98(106-94)76-30-14-28-74(57-76)73-27-13-26-72(56-73)68-40-50-80(51-41-68)102(82-31-15-29-75(58-82)65-22-9-3-10-23-65)81-54-44-70(45-55-81)84-33-17-34-85-87-59-93-89(61-91(87)103-96(84)85)99-97(105-93)71-24-11-4-12-25-71/h1-62H. The lowest BCUT2D eigenvalue weighted by atomic mass is 9.97. The molecule has 20 aromatic rings. The summed E-state index contributed by atoms with van der Waals surface area (Å²) < 4.78 is 26.5. The Hall–Kier alpha value is -14.3. The Kier molecular flexibility index (Phi) is 15.0. The predicted molar refractivity (Wildman–Crippen MR) is 434 cm³/mol. The van der Waals surface area contributed by atoms with Gasteiger partial charge in [-0.1, -0.05) is 249 Å². The van der Waals surface area contributed by atoms with E-state index in [4.69, 9.17) is 27.6 Å². The molecule has 0 radical (unpaired) electrons. The molecule has 0 aliphatic rings. The first kappa shape index (κ1) is 61.5. The van der Waals surface area contributed by atoms with Gasteiger partial charge in [0.2, 0.25) is 11.8 Å². The highest BCUT2D eigenvalue weighted by atomic mass is 16.4. The Morgan fingerprint density at radius 2 is 0.481 bits per heavy atom. The number of para-hydroxylation sites is 2. The lowest BCUT2D eigenvalue weighted by Crippen LogP contribution is -2.10. The second-order valence-electron chi connectivity index (χ2n) is 26.8. The normalized spacial score (nSPS) is 11.6. The summed E-state index contributed by atoms with van der Waals surface area (Å²) in [6.45, 7) is 0. The fraction of sp³-hybridized carbons (Fsp3) is 0. The molecule has 0 spiro atoms. The summed E-state index contributed by atoms with van der Waals surface area (Å²) in [5.41, 5.74) is 29.5. The zero-order valence-corrected chi connectivity index (χ0v) is 57.2. The predicted octanol–water partition coefficient (Wildman–Crippen LogP) is 27.7. The van der Waals surface area contributed by atoms with Crippen LogP contribution in [0.25, 0.3) is 167 Å². The van der Waals surface area contributed by atoms with Crippen LogP contribution in [0.3, 0.4) is 0 Å². The van der Waals surface area contributed by atoms with Crippen molar-refractivity contribution in [2.24, 2.45) is 0 Å². The molecule has 0 saturated carbocycles. The van der Waals surface area contributed by atoms with E-state index >= 15 is 0 Å². The highest BCUT2D eigenvalue weighted by Crippen LogP contribution is 2.45. The van der Waals surface area contributed by atoms with Crippen LogP contribution in [0.5, 0.6) is 0 Å². The SMILES string of the molecule is c1ccc(-c2ccc(N(c3ccc(-c4ccccc4)cc3)c3ccc(-c4cccc5c4oc4cc6nc(-c7cccc(-c8cccc(-c9ccc(N(c%10ccc(-c%11cccc%12c%11oc%11cc%13nc(-c%14ccccc%14)oc%13cc%11%12)cc%10)c%10cccc(-c%11ccccc%11)c%10)cc9)c8)c7)oc6cc45)cc3)cc2)cc1. The lowest BCUT2D eigenvalue weighted by molar-refractivity contribution is 0.619. The van der Waals surface area contributed by atoms with Gasteiger partial charge in [0.05, 0.1) is 0 Å². The van der Waals surface area contributed by atoms with E-state index in [2.05, 4.69) is 343 Å². The topological polar surface area (TPSA) is 84.8 Å². The van der Waals surface area contributed by atoms with Gasteiger partial charge in [0.25, 0.3) is 0 Å². The molecular formula is C98H62N4O4. The van der Waals surface area contributed by atoms with Crippen LogP contribution in [-0.4, -0.2) is 9.97 Å². The van der Waals surface area contributed by atoms with E-state index in [1.54, 1.807) is 0 Å². The van der Waals surface area contributed by atoms with Gasteiger partial charge in [-0.15, -0.1) is 0 Å². The fourth-order valence-corrected chi connectivity index (χ4v) is 15.0. The van der Waals surface area contributed by atoms with Gasteiger partial charge < -0.3 is 27.5 Å². The highest BCUT2D eigenvalue weighted by Gasteiger charge is 2.22. The summed E-state index contributed by atoms with van der Waals surface area (Å²) in [6.07, 6.45) is 0. The van der Waals surface area contributed by atoms with Crippen LogP contribution in [0.15, 0.2) is 394 Å². The van der Waals surface area contributed by atoms with Gasteiger partial charge in [-0.3, -0.25) is 0 Å². The highest BCUT2D eigenvalue weighted by molar-refractivity contribution is 6.14. The number of oxazole rings is 2.